The Morgan fingerprint density at radius 1 is 1.50 bits per heavy atom. The van der Waals surface area contributed by atoms with Gasteiger partial charge in [0.1, 0.15) is 5.56 Å². The molecule has 6 nitrogen and oxygen atoms in total. The monoisotopic (exact) mass is 293 g/mol. The van der Waals surface area contributed by atoms with Gasteiger partial charge in [0.25, 0.3) is 11.5 Å². The van der Waals surface area contributed by atoms with E-state index >= 15 is 0 Å². The quantitative estimate of drug-likeness (QED) is 0.876. The summed E-state index contributed by atoms with van der Waals surface area (Å²) in [6.07, 6.45) is 6.34. The molecule has 1 saturated carbocycles. The SMILES string of the molecule is O=C(NC1(CO)CCCC1)c1cnc2sccn2c1=O. The van der Waals surface area contributed by atoms with Gasteiger partial charge in [0, 0.05) is 17.8 Å². The molecule has 0 spiro atoms. The highest BCUT2D eigenvalue weighted by Crippen LogP contribution is 2.29. The Kier molecular flexibility index (Phi) is 3.31. The van der Waals surface area contributed by atoms with E-state index in [0.29, 0.717) is 4.96 Å². The van der Waals surface area contributed by atoms with Crippen LogP contribution in [0.15, 0.2) is 22.6 Å². The summed E-state index contributed by atoms with van der Waals surface area (Å²) in [7, 11) is 0. The van der Waals surface area contributed by atoms with Crippen LogP contribution in [0.25, 0.3) is 4.96 Å². The van der Waals surface area contributed by atoms with Crippen LogP contribution in [0.2, 0.25) is 0 Å². The van der Waals surface area contributed by atoms with E-state index < -0.39 is 11.4 Å². The number of aliphatic hydroxyl groups excluding tert-OH is 1. The molecule has 1 fully saturated rings. The van der Waals surface area contributed by atoms with E-state index in [-0.39, 0.29) is 17.7 Å². The summed E-state index contributed by atoms with van der Waals surface area (Å²) < 4.78 is 1.36. The number of hydrogen-bond acceptors (Lipinski definition) is 5. The molecular weight excluding hydrogens is 278 g/mol. The van der Waals surface area contributed by atoms with Crippen LogP contribution < -0.4 is 10.9 Å². The third-order valence-corrected chi connectivity index (χ3v) is 4.60. The maximum atomic E-state index is 12.3. The number of aliphatic hydroxyl groups is 1. The minimum Gasteiger partial charge on any atom is -0.394 e. The van der Waals surface area contributed by atoms with Crippen LogP contribution >= 0.6 is 11.3 Å². The summed E-state index contributed by atoms with van der Waals surface area (Å²) in [6.45, 7) is -0.103. The second kappa shape index (κ2) is 4.99. The van der Waals surface area contributed by atoms with Crippen molar-refractivity contribution in [3.8, 4) is 0 Å². The lowest BCUT2D eigenvalue weighted by Crippen LogP contribution is -2.50. The lowest BCUT2D eigenvalue weighted by atomic mass is 9.98. The van der Waals surface area contributed by atoms with Gasteiger partial charge >= 0.3 is 0 Å². The molecule has 0 atom stereocenters. The van der Waals surface area contributed by atoms with Crippen molar-refractivity contribution in [1.29, 1.82) is 0 Å². The van der Waals surface area contributed by atoms with Gasteiger partial charge in [-0.15, -0.1) is 11.3 Å². The summed E-state index contributed by atoms with van der Waals surface area (Å²) in [5.74, 6) is -0.459. The molecule has 1 aliphatic rings. The van der Waals surface area contributed by atoms with Gasteiger partial charge in [-0.3, -0.25) is 14.0 Å². The number of thiazole rings is 1. The van der Waals surface area contributed by atoms with E-state index in [9.17, 15) is 14.7 Å². The van der Waals surface area contributed by atoms with Crippen molar-refractivity contribution in [2.75, 3.05) is 6.61 Å². The van der Waals surface area contributed by atoms with E-state index in [2.05, 4.69) is 10.3 Å². The first-order valence-electron chi connectivity index (χ1n) is 6.53. The largest absolute Gasteiger partial charge is 0.394 e. The molecule has 0 radical (unpaired) electrons. The Bertz CT molecular complexity index is 700. The summed E-state index contributed by atoms with van der Waals surface area (Å²) in [4.78, 5) is 29.1. The number of nitrogens with one attached hydrogen (secondary N) is 1. The van der Waals surface area contributed by atoms with Crippen molar-refractivity contribution < 1.29 is 9.90 Å². The molecule has 3 rings (SSSR count). The summed E-state index contributed by atoms with van der Waals surface area (Å²) in [5, 5.41) is 14.1. The fourth-order valence-electron chi connectivity index (χ4n) is 2.66. The molecule has 0 aromatic carbocycles. The van der Waals surface area contributed by atoms with Crippen LogP contribution in [0.5, 0.6) is 0 Å². The second-order valence-corrected chi connectivity index (χ2v) is 6.01. The first-order valence-corrected chi connectivity index (χ1v) is 7.41. The normalized spacial score (nSPS) is 17.4. The van der Waals surface area contributed by atoms with Crippen LogP contribution in [0, 0.1) is 0 Å². The zero-order chi connectivity index (χ0) is 14.2. The number of hydrogen-bond donors (Lipinski definition) is 2. The number of nitrogens with zero attached hydrogens (tertiary/aromatic N) is 2. The molecule has 2 aromatic rings. The van der Waals surface area contributed by atoms with Gasteiger partial charge in [-0.05, 0) is 12.8 Å². The van der Waals surface area contributed by atoms with Gasteiger partial charge in [-0.2, -0.15) is 0 Å². The number of aromatic nitrogens is 2. The molecule has 0 bridgehead atoms. The lowest BCUT2D eigenvalue weighted by Gasteiger charge is -2.27. The first-order chi connectivity index (χ1) is 9.65. The Balaban J connectivity index is 1.92. The van der Waals surface area contributed by atoms with Crippen molar-refractivity contribution in [1.82, 2.24) is 14.7 Å². The molecule has 20 heavy (non-hydrogen) atoms. The number of amides is 1. The summed E-state index contributed by atoms with van der Waals surface area (Å²) in [6, 6.07) is 0. The van der Waals surface area contributed by atoms with Gasteiger partial charge in [0.15, 0.2) is 4.96 Å². The second-order valence-electron chi connectivity index (χ2n) is 5.13. The molecule has 2 aromatic heterocycles. The fourth-order valence-corrected chi connectivity index (χ4v) is 3.34. The smallest absolute Gasteiger partial charge is 0.271 e. The predicted octanol–water partition coefficient (Wildman–Crippen LogP) is 0.791. The molecule has 7 heteroatoms. The lowest BCUT2D eigenvalue weighted by molar-refractivity contribution is 0.0836. The average molecular weight is 293 g/mol. The molecule has 0 saturated heterocycles. The van der Waals surface area contributed by atoms with Crippen molar-refractivity contribution in [2.45, 2.75) is 31.2 Å². The third-order valence-electron chi connectivity index (χ3n) is 3.83. The molecule has 2 heterocycles. The minimum absolute atomic E-state index is 0.0145. The standard InChI is InChI=1S/C13H15N3O3S/c17-8-13(3-1-2-4-13)15-10(18)9-7-14-12-16(11(9)19)5-6-20-12/h5-7,17H,1-4,8H2,(H,15,18). The molecule has 106 valence electrons. The number of carbonyl (C=O) groups is 1. The fraction of sp³-hybridized carbons (Fsp3) is 0.462. The van der Waals surface area contributed by atoms with Crippen molar-refractivity contribution >= 4 is 22.2 Å². The van der Waals surface area contributed by atoms with Crippen LogP contribution in [0.1, 0.15) is 36.0 Å². The molecular formula is C13H15N3O3S. The maximum absolute atomic E-state index is 12.3. The van der Waals surface area contributed by atoms with Gasteiger partial charge < -0.3 is 10.4 Å². The van der Waals surface area contributed by atoms with Crippen LogP contribution in [0.4, 0.5) is 0 Å². The molecule has 0 aliphatic heterocycles. The summed E-state index contributed by atoms with van der Waals surface area (Å²) >= 11 is 1.34. The molecule has 0 unspecified atom stereocenters. The Morgan fingerprint density at radius 2 is 2.25 bits per heavy atom. The van der Waals surface area contributed by atoms with E-state index in [1.54, 1.807) is 11.6 Å². The van der Waals surface area contributed by atoms with Crippen LogP contribution in [-0.4, -0.2) is 32.5 Å². The van der Waals surface area contributed by atoms with Crippen molar-refractivity contribution in [3.05, 3.63) is 33.7 Å². The predicted molar refractivity (Wildman–Crippen MR) is 75.1 cm³/mol. The summed E-state index contributed by atoms with van der Waals surface area (Å²) in [5.41, 5.74) is -0.946. The van der Waals surface area contributed by atoms with Gasteiger partial charge in [-0.25, -0.2) is 4.98 Å². The highest BCUT2D eigenvalue weighted by atomic mass is 32.1. The Hall–Kier alpha value is -1.73. The Morgan fingerprint density at radius 3 is 2.95 bits per heavy atom. The highest BCUT2D eigenvalue weighted by Gasteiger charge is 2.35. The zero-order valence-electron chi connectivity index (χ0n) is 10.8. The van der Waals surface area contributed by atoms with E-state index in [4.69, 9.17) is 0 Å². The maximum Gasteiger partial charge on any atom is 0.271 e. The van der Waals surface area contributed by atoms with Gasteiger partial charge in [-0.1, -0.05) is 12.8 Å². The van der Waals surface area contributed by atoms with Crippen molar-refractivity contribution in [2.24, 2.45) is 0 Å². The number of rotatable bonds is 3. The molecule has 1 amide bonds. The first kappa shape index (κ1) is 13.3. The Labute approximate surface area is 119 Å². The van der Waals surface area contributed by atoms with E-state index in [1.807, 2.05) is 0 Å². The van der Waals surface area contributed by atoms with Crippen LogP contribution in [0.3, 0.4) is 0 Å². The number of fused-ring (bicyclic) bond motifs is 1. The van der Waals surface area contributed by atoms with Crippen molar-refractivity contribution in [3.63, 3.8) is 0 Å². The third kappa shape index (κ3) is 2.12. The van der Waals surface area contributed by atoms with Gasteiger partial charge in [0.2, 0.25) is 0 Å². The van der Waals surface area contributed by atoms with E-state index in [1.165, 1.54) is 21.9 Å². The topological polar surface area (TPSA) is 83.7 Å². The minimum atomic E-state index is -0.586. The molecule has 2 N–H and O–H groups in total. The van der Waals surface area contributed by atoms with Crippen LogP contribution in [-0.2, 0) is 0 Å². The van der Waals surface area contributed by atoms with Gasteiger partial charge in [0.05, 0.1) is 12.1 Å². The average Bonchev–Trinajstić information content (AvgIpc) is 3.08. The number of carbonyl (C=O) groups excluding carboxylic acids is 1. The zero-order valence-corrected chi connectivity index (χ0v) is 11.7. The highest BCUT2D eigenvalue weighted by molar-refractivity contribution is 7.15. The molecule has 1 aliphatic carbocycles. The van der Waals surface area contributed by atoms with E-state index in [0.717, 1.165) is 25.7 Å².